The summed E-state index contributed by atoms with van der Waals surface area (Å²) in [6.07, 6.45) is 0.680. The van der Waals surface area contributed by atoms with Gasteiger partial charge in [0, 0.05) is 11.8 Å². The number of anilines is 1. The summed E-state index contributed by atoms with van der Waals surface area (Å²) in [5.41, 5.74) is 6.72. The number of ether oxygens (including phenoxy) is 1. The van der Waals surface area contributed by atoms with Gasteiger partial charge in [0.1, 0.15) is 11.4 Å². The van der Waals surface area contributed by atoms with E-state index in [1.807, 2.05) is 25.1 Å². The van der Waals surface area contributed by atoms with Crippen LogP contribution >= 0.6 is 22.7 Å². The van der Waals surface area contributed by atoms with Crippen LogP contribution in [0.25, 0.3) is 10.2 Å². The number of hydrogen-bond donors (Lipinski definition) is 2. The maximum Gasteiger partial charge on any atom is 0.276 e. The summed E-state index contributed by atoms with van der Waals surface area (Å²) in [5, 5.41) is 5.94. The second-order valence-corrected chi connectivity index (χ2v) is 6.67. The van der Waals surface area contributed by atoms with Gasteiger partial charge in [-0.2, -0.15) is 0 Å². The number of rotatable bonds is 6. The molecular formula is C15H16N4O2S2. The van der Waals surface area contributed by atoms with E-state index in [1.54, 1.807) is 5.38 Å². The van der Waals surface area contributed by atoms with Gasteiger partial charge in [-0.25, -0.2) is 9.97 Å². The molecule has 1 aromatic carbocycles. The third kappa shape index (κ3) is 3.66. The van der Waals surface area contributed by atoms with Crippen LogP contribution in [-0.4, -0.2) is 29.0 Å². The van der Waals surface area contributed by atoms with Gasteiger partial charge >= 0.3 is 0 Å². The second-order valence-electron chi connectivity index (χ2n) is 4.70. The maximum atomic E-state index is 12.2. The first-order valence-electron chi connectivity index (χ1n) is 7.19. The Morgan fingerprint density at radius 3 is 3.04 bits per heavy atom. The zero-order valence-corrected chi connectivity index (χ0v) is 14.2. The lowest BCUT2D eigenvalue weighted by molar-refractivity contribution is 0.102. The number of fused-ring (bicyclic) bond motifs is 1. The highest BCUT2D eigenvalue weighted by molar-refractivity contribution is 7.22. The summed E-state index contributed by atoms with van der Waals surface area (Å²) in [6.45, 7) is 3.08. The van der Waals surface area contributed by atoms with Gasteiger partial charge in [-0.05, 0) is 31.7 Å². The van der Waals surface area contributed by atoms with Crippen molar-refractivity contribution in [2.75, 3.05) is 18.5 Å². The lowest BCUT2D eigenvalue weighted by atomic mass is 10.3. The molecule has 0 atom stereocenters. The topological polar surface area (TPSA) is 90.1 Å². The van der Waals surface area contributed by atoms with Crippen molar-refractivity contribution in [1.29, 1.82) is 0 Å². The highest BCUT2D eigenvalue weighted by Gasteiger charge is 2.13. The summed E-state index contributed by atoms with van der Waals surface area (Å²) < 4.78 is 6.44. The monoisotopic (exact) mass is 348 g/mol. The number of nitrogens with one attached hydrogen (secondary N) is 1. The van der Waals surface area contributed by atoms with Gasteiger partial charge in [-0.15, -0.1) is 11.3 Å². The Bertz CT molecular complexity index is 828. The number of thiazole rings is 2. The van der Waals surface area contributed by atoms with Crippen LogP contribution in [0.15, 0.2) is 23.6 Å². The quantitative estimate of drug-likeness (QED) is 0.715. The van der Waals surface area contributed by atoms with Crippen molar-refractivity contribution in [2.45, 2.75) is 13.3 Å². The number of nitrogens with zero attached hydrogens (tertiary/aromatic N) is 2. The molecule has 3 aromatic rings. The van der Waals surface area contributed by atoms with Crippen molar-refractivity contribution in [2.24, 2.45) is 5.73 Å². The Labute approximate surface area is 141 Å². The minimum absolute atomic E-state index is 0.256. The van der Waals surface area contributed by atoms with Crippen LogP contribution in [0.1, 0.15) is 22.4 Å². The SMILES string of the molecule is CCOc1ccc2nc(NC(=O)c3csc(CCN)n3)sc2c1. The molecule has 6 nitrogen and oxygen atoms in total. The number of hydrogen-bond acceptors (Lipinski definition) is 7. The molecule has 0 saturated carbocycles. The Kier molecular flexibility index (Phi) is 4.85. The number of carbonyl (C=O) groups is 1. The zero-order chi connectivity index (χ0) is 16.2. The minimum Gasteiger partial charge on any atom is -0.494 e. The fourth-order valence-corrected chi connectivity index (χ4v) is 3.71. The molecule has 2 aromatic heterocycles. The van der Waals surface area contributed by atoms with Gasteiger partial charge < -0.3 is 10.5 Å². The van der Waals surface area contributed by atoms with Crippen molar-refractivity contribution < 1.29 is 9.53 Å². The van der Waals surface area contributed by atoms with Gasteiger partial charge in [-0.1, -0.05) is 11.3 Å². The van der Waals surface area contributed by atoms with E-state index >= 15 is 0 Å². The Morgan fingerprint density at radius 2 is 2.26 bits per heavy atom. The fraction of sp³-hybridized carbons (Fsp3) is 0.267. The van der Waals surface area contributed by atoms with E-state index in [9.17, 15) is 4.79 Å². The molecule has 0 unspecified atom stereocenters. The fourth-order valence-electron chi connectivity index (χ4n) is 2.03. The molecule has 3 N–H and O–H groups in total. The molecule has 120 valence electrons. The van der Waals surface area contributed by atoms with E-state index in [0.717, 1.165) is 21.0 Å². The molecule has 0 saturated heterocycles. The molecular weight excluding hydrogens is 332 g/mol. The molecule has 0 spiro atoms. The number of benzene rings is 1. The normalized spacial score (nSPS) is 10.9. The predicted molar refractivity (Wildman–Crippen MR) is 93.6 cm³/mol. The van der Waals surface area contributed by atoms with Crippen LogP contribution < -0.4 is 15.8 Å². The van der Waals surface area contributed by atoms with E-state index in [1.165, 1.54) is 22.7 Å². The number of aromatic nitrogens is 2. The summed E-state index contributed by atoms with van der Waals surface area (Å²) >= 11 is 2.85. The second kappa shape index (κ2) is 7.03. The Hall–Kier alpha value is -2.03. The van der Waals surface area contributed by atoms with Crippen LogP contribution in [0.4, 0.5) is 5.13 Å². The Balaban J connectivity index is 1.76. The van der Waals surface area contributed by atoms with E-state index in [0.29, 0.717) is 30.4 Å². The molecule has 8 heteroatoms. The molecule has 2 heterocycles. The summed E-state index contributed by atoms with van der Waals surface area (Å²) in [7, 11) is 0. The molecule has 0 radical (unpaired) electrons. The molecule has 0 aliphatic heterocycles. The molecule has 3 rings (SSSR count). The lowest BCUT2D eigenvalue weighted by Crippen LogP contribution is -2.12. The van der Waals surface area contributed by atoms with Crippen LogP contribution in [0.3, 0.4) is 0 Å². The first-order valence-corrected chi connectivity index (χ1v) is 8.88. The van der Waals surface area contributed by atoms with E-state index < -0.39 is 0 Å². The van der Waals surface area contributed by atoms with E-state index in [-0.39, 0.29) is 5.91 Å². The van der Waals surface area contributed by atoms with Crippen molar-refractivity contribution in [3.8, 4) is 5.75 Å². The van der Waals surface area contributed by atoms with Crippen molar-refractivity contribution in [3.05, 3.63) is 34.3 Å². The van der Waals surface area contributed by atoms with Crippen LogP contribution in [0, 0.1) is 0 Å². The average Bonchev–Trinajstić information content (AvgIpc) is 3.14. The van der Waals surface area contributed by atoms with Gasteiger partial charge in [-0.3, -0.25) is 10.1 Å². The number of amides is 1. The van der Waals surface area contributed by atoms with E-state index in [4.69, 9.17) is 10.5 Å². The summed E-state index contributed by atoms with van der Waals surface area (Å²) in [6, 6.07) is 5.68. The zero-order valence-electron chi connectivity index (χ0n) is 12.5. The van der Waals surface area contributed by atoms with Crippen LogP contribution in [0.2, 0.25) is 0 Å². The summed E-state index contributed by atoms with van der Waals surface area (Å²) in [4.78, 5) is 20.9. The smallest absolute Gasteiger partial charge is 0.276 e. The first-order chi connectivity index (χ1) is 11.2. The molecule has 1 amide bonds. The highest BCUT2D eigenvalue weighted by atomic mass is 32.1. The Morgan fingerprint density at radius 1 is 1.39 bits per heavy atom. The predicted octanol–water partition coefficient (Wildman–Crippen LogP) is 2.91. The third-order valence-electron chi connectivity index (χ3n) is 3.03. The standard InChI is InChI=1S/C15H16N4O2S2/c1-2-21-9-3-4-10-12(7-9)23-15(18-10)19-14(20)11-8-22-13(17-11)5-6-16/h3-4,7-8H,2,5-6,16H2,1H3,(H,18,19,20). The van der Waals surface area contributed by atoms with Gasteiger partial charge in [0.15, 0.2) is 5.13 Å². The first kappa shape index (κ1) is 15.9. The van der Waals surface area contributed by atoms with Crippen LogP contribution in [0.5, 0.6) is 5.75 Å². The number of carbonyl (C=O) groups excluding carboxylic acids is 1. The minimum atomic E-state index is -0.256. The number of nitrogens with two attached hydrogens (primary N) is 1. The molecule has 23 heavy (non-hydrogen) atoms. The molecule has 0 aliphatic rings. The lowest BCUT2D eigenvalue weighted by Gasteiger charge is -2.00. The third-order valence-corrected chi connectivity index (χ3v) is 4.88. The van der Waals surface area contributed by atoms with Crippen molar-refractivity contribution in [1.82, 2.24) is 9.97 Å². The maximum absolute atomic E-state index is 12.2. The van der Waals surface area contributed by atoms with Crippen molar-refractivity contribution >= 4 is 43.9 Å². The highest BCUT2D eigenvalue weighted by Crippen LogP contribution is 2.29. The van der Waals surface area contributed by atoms with Crippen LogP contribution in [-0.2, 0) is 6.42 Å². The van der Waals surface area contributed by atoms with Gasteiger partial charge in [0.05, 0.1) is 21.8 Å². The van der Waals surface area contributed by atoms with Gasteiger partial charge in [0.25, 0.3) is 5.91 Å². The average molecular weight is 348 g/mol. The van der Waals surface area contributed by atoms with Gasteiger partial charge in [0.2, 0.25) is 0 Å². The molecule has 0 fully saturated rings. The molecule has 0 bridgehead atoms. The van der Waals surface area contributed by atoms with E-state index in [2.05, 4.69) is 15.3 Å². The largest absolute Gasteiger partial charge is 0.494 e. The summed E-state index contributed by atoms with van der Waals surface area (Å²) in [5.74, 6) is 0.543. The molecule has 0 aliphatic carbocycles. The van der Waals surface area contributed by atoms with Crippen molar-refractivity contribution in [3.63, 3.8) is 0 Å².